The average molecular weight is 332 g/mol. The van der Waals surface area contributed by atoms with Gasteiger partial charge in [-0.25, -0.2) is 0 Å². The molecule has 3 fully saturated rings. The predicted molar refractivity (Wildman–Crippen MR) is 98.4 cm³/mol. The molecule has 1 aliphatic heterocycles. The number of hydrogen-bond donors (Lipinski definition) is 0. The van der Waals surface area contributed by atoms with Gasteiger partial charge in [0.2, 0.25) is 0 Å². The van der Waals surface area contributed by atoms with E-state index in [4.69, 9.17) is 11.6 Å². The molecule has 3 unspecified atom stereocenters. The molecule has 3 aliphatic rings. The van der Waals surface area contributed by atoms with E-state index >= 15 is 0 Å². The Morgan fingerprint density at radius 1 is 1.00 bits per heavy atom. The van der Waals surface area contributed by atoms with Crippen molar-refractivity contribution in [2.24, 2.45) is 0 Å². The normalized spacial score (nSPS) is 32.9. The highest BCUT2D eigenvalue weighted by atomic mass is 35.5. The molecule has 0 aromatic heterocycles. The van der Waals surface area contributed by atoms with E-state index in [-0.39, 0.29) is 0 Å². The Kier molecular flexibility index (Phi) is 4.70. The number of rotatable bonds is 3. The van der Waals surface area contributed by atoms with Crippen molar-refractivity contribution < 1.29 is 0 Å². The minimum atomic E-state index is 0.711. The SMILES string of the molecule is CC1CCCCN1C1CC1c1ccc(C2CCCCC2)c(Cl)c1. The molecule has 0 spiro atoms. The van der Waals surface area contributed by atoms with Crippen molar-refractivity contribution in [1.82, 2.24) is 4.90 Å². The van der Waals surface area contributed by atoms with Gasteiger partial charge in [0.15, 0.2) is 0 Å². The summed E-state index contributed by atoms with van der Waals surface area (Å²) in [7, 11) is 0. The number of halogens is 1. The summed E-state index contributed by atoms with van der Waals surface area (Å²) < 4.78 is 0. The number of nitrogens with zero attached hydrogens (tertiary/aromatic N) is 1. The van der Waals surface area contributed by atoms with Gasteiger partial charge >= 0.3 is 0 Å². The lowest BCUT2D eigenvalue weighted by Gasteiger charge is -2.34. The van der Waals surface area contributed by atoms with E-state index in [2.05, 4.69) is 30.0 Å². The maximum atomic E-state index is 6.68. The van der Waals surface area contributed by atoms with Crippen molar-refractivity contribution in [2.45, 2.75) is 88.6 Å². The van der Waals surface area contributed by atoms with Gasteiger partial charge in [0.1, 0.15) is 0 Å². The quantitative estimate of drug-likeness (QED) is 0.645. The van der Waals surface area contributed by atoms with Crippen LogP contribution in [0.3, 0.4) is 0 Å². The summed E-state index contributed by atoms with van der Waals surface area (Å²) >= 11 is 6.68. The lowest BCUT2D eigenvalue weighted by Crippen LogP contribution is -2.39. The van der Waals surface area contributed by atoms with E-state index < -0.39 is 0 Å². The summed E-state index contributed by atoms with van der Waals surface area (Å²) in [4.78, 5) is 2.76. The number of piperidine rings is 1. The molecule has 2 aliphatic carbocycles. The first-order valence-electron chi connectivity index (χ1n) is 9.79. The van der Waals surface area contributed by atoms with Crippen molar-refractivity contribution in [2.75, 3.05) is 6.54 Å². The molecular formula is C21H30ClN. The maximum absolute atomic E-state index is 6.68. The van der Waals surface area contributed by atoms with Crippen LogP contribution in [0.2, 0.25) is 5.02 Å². The molecule has 1 nitrogen and oxygen atoms in total. The fraction of sp³-hybridized carbons (Fsp3) is 0.714. The van der Waals surface area contributed by atoms with Gasteiger partial charge in [0, 0.05) is 23.0 Å². The standard InChI is InChI=1S/C21H30ClN/c1-15-7-5-6-12-23(15)21-14-19(21)17-10-11-18(20(22)13-17)16-8-3-2-4-9-16/h10-11,13,15-16,19,21H,2-9,12,14H2,1H3. The third-order valence-electron chi connectivity index (χ3n) is 6.53. The maximum Gasteiger partial charge on any atom is 0.0443 e. The number of likely N-dealkylation sites (tertiary alicyclic amines) is 1. The summed E-state index contributed by atoms with van der Waals surface area (Å²) in [5.74, 6) is 1.44. The molecule has 2 saturated carbocycles. The Morgan fingerprint density at radius 2 is 1.78 bits per heavy atom. The lowest BCUT2D eigenvalue weighted by atomic mass is 9.83. The Balaban J connectivity index is 1.45. The Hall–Kier alpha value is -0.530. The second-order valence-corrected chi connectivity index (χ2v) is 8.52. The molecule has 4 rings (SSSR count). The predicted octanol–water partition coefficient (Wildman–Crippen LogP) is 6.12. The van der Waals surface area contributed by atoms with E-state index in [1.165, 1.54) is 75.5 Å². The van der Waals surface area contributed by atoms with Crippen molar-refractivity contribution in [3.63, 3.8) is 0 Å². The first kappa shape index (κ1) is 16.0. The van der Waals surface area contributed by atoms with E-state index in [9.17, 15) is 0 Å². The van der Waals surface area contributed by atoms with E-state index in [1.807, 2.05) is 0 Å². The highest BCUT2D eigenvalue weighted by Gasteiger charge is 2.44. The van der Waals surface area contributed by atoms with Crippen LogP contribution in [0.15, 0.2) is 18.2 Å². The molecule has 0 amide bonds. The number of benzene rings is 1. The average Bonchev–Trinajstić information content (AvgIpc) is 3.36. The zero-order chi connectivity index (χ0) is 15.8. The molecule has 0 bridgehead atoms. The molecule has 1 aromatic carbocycles. The summed E-state index contributed by atoms with van der Waals surface area (Å²) in [6.07, 6.45) is 12.3. The molecule has 0 radical (unpaired) electrons. The van der Waals surface area contributed by atoms with Crippen LogP contribution in [0.1, 0.15) is 87.7 Å². The van der Waals surface area contributed by atoms with E-state index in [0.717, 1.165) is 23.0 Å². The number of hydrogen-bond acceptors (Lipinski definition) is 1. The zero-order valence-electron chi connectivity index (χ0n) is 14.4. The summed E-state index contributed by atoms with van der Waals surface area (Å²) in [6.45, 7) is 3.71. The second-order valence-electron chi connectivity index (χ2n) is 8.11. The molecule has 2 heteroatoms. The van der Waals surface area contributed by atoms with Crippen LogP contribution >= 0.6 is 11.6 Å². The minimum absolute atomic E-state index is 0.711. The fourth-order valence-electron chi connectivity index (χ4n) is 5.04. The summed E-state index contributed by atoms with van der Waals surface area (Å²) in [5.41, 5.74) is 2.90. The molecule has 0 N–H and O–H groups in total. The lowest BCUT2D eigenvalue weighted by molar-refractivity contribution is 0.149. The van der Waals surface area contributed by atoms with Crippen molar-refractivity contribution in [3.05, 3.63) is 34.3 Å². The van der Waals surface area contributed by atoms with Crippen LogP contribution in [0.4, 0.5) is 0 Å². The molecule has 1 saturated heterocycles. The first-order chi connectivity index (χ1) is 11.2. The van der Waals surface area contributed by atoms with Crippen LogP contribution in [0.5, 0.6) is 0 Å². The Morgan fingerprint density at radius 3 is 2.52 bits per heavy atom. The topological polar surface area (TPSA) is 3.24 Å². The second kappa shape index (κ2) is 6.76. The molecule has 1 heterocycles. The zero-order valence-corrected chi connectivity index (χ0v) is 15.2. The van der Waals surface area contributed by atoms with E-state index in [0.29, 0.717) is 5.92 Å². The minimum Gasteiger partial charge on any atom is -0.297 e. The van der Waals surface area contributed by atoms with Crippen LogP contribution in [-0.4, -0.2) is 23.5 Å². The third kappa shape index (κ3) is 3.33. The molecular weight excluding hydrogens is 302 g/mol. The monoisotopic (exact) mass is 331 g/mol. The van der Waals surface area contributed by atoms with Gasteiger partial charge in [-0.1, -0.05) is 49.4 Å². The smallest absolute Gasteiger partial charge is 0.0443 e. The highest BCUT2D eigenvalue weighted by molar-refractivity contribution is 6.31. The van der Waals surface area contributed by atoms with Gasteiger partial charge in [-0.15, -0.1) is 0 Å². The summed E-state index contributed by atoms with van der Waals surface area (Å²) in [6, 6.07) is 8.58. The molecule has 3 atom stereocenters. The van der Waals surface area contributed by atoms with E-state index in [1.54, 1.807) is 0 Å². The van der Waals surface area contributed by atoms with Crippen LogP contribution < -0.4 is 0 Å². The van der Waals surface area contributed by atoms with Gasteiger partial charge in [-0.05, 0) is 68.7 Å². The van der Waals surface area contributed by atoms with Crippen LogP contribution in [0, 0.1) is 0 Å². The Labute approximate surface area is 146 Å². The molecule has 126 valence electrons. The van der Waals surface area contributed by atoms with Gasteiger partial charge < -0.3 is 0 Å². The summed E-state index contributed by atoms with van der Waals surface area (Å²) in [5, 5.41) is 1.03. The fourth-order valence-corrected chi connectivity index (χ4v) is 5.38. The molecule has 23 heavy (non-hydrogen) atoms. The van der Waals surface area contributed by atoms with Crippen LogP contribution in [-0.2, 0) is 0 Å². The van der Waals surface area contributed by atoms with Gasteiger partial charge in [-0.2, -0.15) is 0 Å². The van der Waals surface area contributed by atoms with Gasteiger partial charge in [-0.3, -0.25) is 4.90 Å². The van der Waals surface area contributed by atoms with Gasteiger partial charge in [0.05, 0.1) is 0 Å². The third-order valence-corrected chi connectivity index (χ3v) is 6.86. The first-order valence-corrected chi connectivity index (χ1v) is 10.2. The van der Waals surface area contributed by atoms with Crippen molar-refractivity contribution in [3.8, 4) is 0 Å². The van der Waals surface area contributed by atoms with Crippen molar-refractivity contribution in [1.29, 1.82) is 0 Å². The van der Waals surface area contributed by atoms with Gasteiger partial charge in [0.25, 0.3) is 0 Å². The largest absolute Gasteiger partial charge is 0.297 e. The molecule has 1 aromatic rings. The highest BCUT2D eigenvalue weighted by Crippen LogP contribution is 2.48. The van der Waals surface area contributed by atoms with Crippen molar-refractivity contribution >= 4 is 11.6 Å². The Bertz CT molecular complexity index is 549. The van der Waals surface area contributed by atoms with Crippen LogP contribution in [0.25, 0.3) is 0 Å².